The predicted octanol–water partition coefficient (Wildman–Crippen LogP) is 3.12. The summed E-state index contributed by atoms with van der Waals surface area (Å²) in [5.74, 6) is 0.0455. The Labute approximate surface area is 90.3 Å². The van der Waals surface area contributed by atoms with Gasteiger partial charge in [0.15, 0.2) is 11.6 Å². The summed E-state index contributed by atoms with van der Waals surface area (Å²) in [5.41, 5.74) is 0.787. The number of Topliss-reactive ketones (excluding diaryl/α,β-unsaturated/α-hetero) is 2. The summed E-state index contributed by atoms with van der Waals surface area (Å²) in [4.78, 5) is 23.1. The molecule has 0 fully saturated rings. The first-order valence-corrected chi connectivity index (χ1v) is 4.98. The smallest absolute Gasteiger partial charge is 0.168 e. The molecule has 0 heterocycles. The summed E-state index contributed by atoms with van der Waals surface area (Å²) in [5, 5.41) is 0. The summed E-state index contributed by atoms with van der Waals surface area (Å²) >= 11 is 0. The molecule has 80 valence electrons. The number of hydrogen-bond acceptors (Lipinski definition) is 2. The zero-order chi connectivity index (χ0) is 11.6. The van der Waals surface area contributed by atoms with Crippen LogP contribution in [-0.4, -0.2) is 11.6 Å². The van der Waals surface area contributed by atoms with Crippen LogP contribution in [0.1, 0.15) is 48.4 Å². The van der Waals surface area contributed by atoms with E-state index >= 15 is 0 Å². The Hall–Kier alpha value is -1.44. The molecule has 1 rings (SSSR count). The number of hydrogen-bond donors (Lipinski definition) is 0. The van der Waals surface area contributed by atoms with E-state index in [1.165, 1.54) is 6.92 Å². The second-order valence-corrected chi connectivity index (χ2v) is 4.72. The molecule has 2 nitrogen and oxygen atoms in total. The second kappa shape index (κ2) is 3.97. The van der Waals surface area contributed by atoms with Gasteiger partial charge >= 0.3 is 0 Å². The molecule has 0 aromatic heterocycles. The zero-order valence-corrected chi connectivity index (χ0v) is 9.63. The lowest BCUT2D eigenvalue weighted by Gasteiger charge is -2.16. The number of carbonyl (C=O) groups excluding carboxylic acids is 2. The topological polar surface area (TPSA) is 34.1 Å². The van der Waals surface area contributed by atoms with E-state index in [-0.39, 0.29) is 11.6 Å². The van der Waals surface area contributed by atoms with Crippen LogP contribution in [0.3, 0.4) is 0 Å². The molecule has 0 saturated heterocycles. The molecule has 0 radical (unpaired) electrons. The number of ketones is 2. The lowest BCUT2D eigenvalue weighted by Crippen LogP contribution is -2.20. The molecule has 0 atom stereocenters. The Bertz CT molecular complexity index is 397. The minimum absolute atomic E-state index is 0.0152. The molecular formula is C13H16O2. The predicted molar refractivity (Wildman–Crippen MR) is 60.2 cm³/mol. The van der Waals surface area contributed by atoms with Gasteiger partial charge in [-0.1, -0.05) is 39.0 Å². The molecule has 0 aliphatic heterocycles. The van der Waals surface area contributed by atoms with Gasteiger partial charge < -0.3 is 0 Å². The summed E-state index contributed by atoms with van der Waals surface area (Å²) in [7, 11) is 0. The van der Waals surface area contributed by atoms with Crippen molar-refractivity contribution >= 4 is 11.6 Å². The van der Waals surface area contributed by atoms with Crippen molar-refractivity contribution in [1.29, 1.82) is 0 Å². The Morgan fingerprint density at radius 1 is 1.07 bits per heavy atom. The van der Waals surface area contributed by atoms with Gasteiger partial charge in [0, 0.05) is 16.5 Å². The molecule has 1 aromatic carbocycles. The molecule has 15 heavy (non-hydrogen) atoms. The highest BCUT2D eigenvalue weighted by atomic mass is 16.1. The van der Waals surface area contributed by atoms with Crippen molar-refractivity contribution in [3.05, 3.63) is 35.4 Å². The maximum Gasteiger partial charge on any atom is 0.168 e. The van der Waals surface area contributed by atoms with Crippen LogP contribution in [0.4, 0.5) is 0 Å². The first kappa shape index (κ1) is 11.6. The van der Waals surface area contributed by atoms with Gasteiger partial charge in [-0.15, -0.1) is 0 Å². The van der Waals surface area contributed by atoms with Crippen molar-refractivity contribution < 1.29 is 9.59 Å². The van der Waals surface area contributed by atoms with Crippen LogP contribution in [0.2, 0.25) is 0 Å². The van der Waals surface area contributed by atoms with Crippen LogP contribution >= 0.6 is 0 Å². The van der Waals surface area contributed by atoms with E-state index in [2.05, 4.69) is 0 Å². The first-order valence-electron chi connectivity index (χ1n) is 4.98. The van der Waals surface area contributed by atoms with Crippen LogP contribution in [0.5, 0.6) is 0 Å². The first-order chi connectivity index (χ1) is 6.82. The van der Waals surface area contributed by atoms with Gasteiger partial charge in [0.25, 0.3) is 0 Å². The quantitative estimate of drug-likeness (QED) is 0.693. The second-order valence-electron chi connectivity index (χ2n) is 4.72. The van der Waals surface area contributed by atoms with E-state index in [0.717, 1.165) is 0 Å². The normalized spacial score (nSPS) is 11.2. The van der Waals surface area contributed by atoms with Gasteiger partial charge in [-0.3, -0.25) is 9.59 Å². The maximum atomic E-state index is 11.9. The van der Waals surface area contributed by atoms with E-state index in [1.807, 2.05) is 20.8 Å². The summed E-state index contributed by atoms with van der Waals surface area (Å²) < 4.78 is 0. The van der Waals surface area contributed by atoms with Gasteiger partial charge in [-0.05, 0) is 13.0 Å². The molecule has 0 bridgehead atoms. The van der Waals surface area contributed by atoms with Crippen molar-refractivity contribution in [2.45, 2.75) is 27.7 Å². The molecule has 1 aromatic rings. The van der Waals surface area contributed by atoms with Crippen LogP contribution in [0.15, 0.2) is 24.3 Å². The molecule has 0 aliphatic carbocycles. The maximum absolute atomic E-state index is 11.9. The van der Waals surface area contributed by atoms with Crippen molar-refractivity contribution in [2.75, 3.05) is 0 Å². The third kappa shape index (κ3) is 2.75. The molecule has 0 saturated carbocycles. The summed E-state index contributed by atoms with van der Waals surface area (Å²) in [6, 6.07) is 6.88. The standard InChI is InChI=1S/C13H16O2/c1-9(14)10-6-5-7-11(8-10)12(15)13(2,3)4/h5-8H,1-4H3. The monoisotopic (exact) mass is 204 g/mol. The van der Waals surface area contributed by atoms with E-state index in [1.54, 1.807) is 24.3 Å². The molecule has 0 N–H and O–H groups in total. The SMILES string of the molecule is CC(=O)c1cccc(C(=O)C(C)(C)C)c1. The lowest BCUT2D eigenvalue weighted by atomic mass is 9.86. The molecule has 0 aliphatic rings. The van der Waals surface area contributed by atoms with E-state index in [4.69, 9.17) is 0 Å². The van der Waals surface area contributed by atoms with Crippen molar-refractivity contribution in [3.8, 4) is 0 Å². The van der Waals surface area contributed by atoms with Crippen LogP contribution < -0.4 is 0 Å². The lowest BCUT2D eigenvalue weighted by molar-refractivity contribution is 0.0858. The molecule has 0 unspecified atom stereocenters. The number of rotatable bonds is 2. The third-order valence-electron chi connectivity index (χ3n) is 2.21. The zero-order valence-electron chi connectivity index (χ0n) is 9.63. The molecular weight excluding hydrogens is 188 g/mol. The largest absolute Gasteiger partial charge is 0.295 e. The highest BCUT2D eigenvalue weighted by Crippen LogP contribution is 2.21. The van der Waals surface area contributed by atoms with E-state index < -0.39 is 5.41 Å². The minimum atomic E-state index is -0.407. The third-order valence-corrected chi connectivity index (χ3v) is 2.21. The Balaban J connectivity index is 3.12. The number of carbonyl (C=O) groups is 2. The fourth-order valence-electron chi connectivity index (χ4n) is 1.31. The summed E-state index contributed by atoms with van der Waals surface area (Å²) in [6.45, 7) is 7.11. The minimum Gasteiger partial charge on any atom is -0.295 e. The van der Waals surface area contributed by atoms with Crippen molar-refractivity contribution in [2.24, 2.45) is 5.41 Å². The van der Waals surface area contributed by atoms with Gasteiger partial charge in [0.2, 0.25) is 0 Å². The van der Waals surface area contributed by atoms with Crippen molar-refractivity contribution in [3.63, 3.8) is 0 Å². The van der Waals surface area contributed by atoms with E-state index in [0.29, 0.717) is 11.1 Å². The molecule has 0 amide bonds. The van der Waals surface area contributed by atoms with Gasteiger partial charge in [-0.25, -0.2) is 0 Å². The van der Waals surface area contributed by atoms with Gasteiger partial charge in [0.1, 0.15) is 0 Å². The Morgan fingerprint density at radius 2 is 1.60 bits per heavy atom. The number of benzene rings is 1. The average molecular weight is 204 g/mol. The molecule has 0 spiro atoms. The average Bonchev–Trinajstić information content (AvgIpc) is 2.15. The van der Waals surface area contributed by atoms with Gasteiger partial charge in [-0.2, -0.15) is 0 Å². The van der Waals surface area contributed by atoms with E-state index in [9.17, 15) is 9.59 Å². The fraction of sp³-hybridized carbons (Fsp3) is 0.385. The highest BCUT2D eigenvalue weighted by Gasteiger charge is 2.22. The van der Waals surface area contributed by atoms with Crippen LogP contribution in [0.25, 0.3) is 0 Å². The fourth-order valence-corrected chi connectivity index (χ4v) is 1.31. The molecule has 2 heteroatoms. The summed E-state index contributed by atoms with van der Waals surface area (Å²) in [6.07, 6.45) is 0. The van der Waals surface area contributed by atoms with Crippen LogP contribution in [-0.2, 0) is 0 Å². The Morgan fingerprint density at radius 3 is 2.07 bits per heavy atom. The van der Waals surface area contributed by atoms with Crippen LogP contribution in [0, 0.1) is 5.41 Å². The van der Waals surface area contributed by atoms with Crippen molar-refractivity contribution in [1.82, 2.24) is 0 Å². The highest BCUT2D eigenvalue weighted by molar-refractivity contribution is 6.02. The van der Waals surface area contributed by atoms with Gasteiger partial charge in [0.05, 0.1) is 0 Å². The Kier molecular flexibility index (Phi) is 3.08.